The van der Waals surface area contributed by atoms with Gasteiger partial charge in [0.25, 0.3) is 0 Å². The Morgan fingerprint density at radius 1 is 1.35 bits per heavy atom. The Balaban J connectivity index is 1.72. The van der Waals surface area contributed by atoms with Crippen LogP contribution in [0.3, 0.4) is 0 Å². The summed E-state index contributed by atoms with van der Waals surface area (Å²) in [5.41, 5.74) is 0.658. The van der Waals surface area contributed by atoms with Gasteiger partial charge in [0.2, 0.25) is 0 Å². The van der Waals surface area contributed by atoms with E-state index in [1.54, 1.807) is 19.1 Å². The van der Waals surface area contributed by atoms with Crippen LogP contribution < -0.4 is 4.74 Å². The standard InChI is InChI=1S/C15H17N3O2/c1-11(19)12-5-4-6-13(9-12)20-10-15-17-16-14-7-2-3-8-18(14)15/h4-6,9H,2-3,7-8,10H2,1H3. The molecule has 1 aliphatic heterocycles. The van der Waals surface area contributed by atoms with Gasteiger partial charge in [0.15, 0.2) is 11.6 Å². The van der Waals surface area contributed by atoms with Crippen molar-refractivity contribution in [3.63, 3.8) is 0 Å². The van der Waals surface area contributed by atoms with Gasteiger partial charge < -0.3 is 9.30 Å². The molecule has 0 N–H and O–H groups in total. The zero-order valence-corrected chi connectivity index (χ0v) is 11.5. The van der Waals surface area contributed by atoms with Crippen molar-refractivity contribution in [1.82, 2.24) is 14.8 Å². The molecule has 0 spiro atoms. The van der Waals surface area contributed by atoms with E-state index in [4.69, 9.17) is 4.74 Å². The molecule has 0 unspecified atom stereocenters. The minimum atomic E-state index is 0.0373. The Morgan fingerprint density at radius 2 is 2.25 bits per heavy atom. The van der Waals surface area contributed by atoms with Gasteiger partial charge in [-0.15, -0.1) is 10.2 Å². The molecule has 0 fully saturated rings. The first kappa shape index (κ1) is 12.8. The maximum Gasteiger partial charge on any atom is 0.171 e. The fourth-order valence-corrected chi connectivity index (χ4v) is 2.43. The number of ether oxygens (including phenoxy) is 1. The summed E-state index contributed by atoms with van der Waals surface area (Å²) in [6, 6.07) is 7.22. The van der Waals surface area contributed by atoms with E-state index in [0.29, 0.717) is 17.9 Å². The lowest BCUT2D eigenvalue weighted by Gasteiger charge is -2.15. The van der Waals surface area contributed by atoms with Crippen LogP contribution >= 0.6 is 0 Å². The number of nitrogens with zero attached hydrogens (tertiary/aromatic N) is 3. The molecule has 1 aliphatic rings. The Morgan fingerprint density at radius 3 is 3.10 bits per heavy atom. The molecule has 0 bridgehead atoms. The van der Waals surface area contributed by atoms with Crippen molar-refractivity contribution in [2.45, 2.75) is 39.3 Å². The van der Waals surface area contributed by atoms with Crippen LogP contribution in [0.25, 0.3) is 0 Å². The Bertz CT molecular complexity index is 634. The summed E-state index contributed by atoms with van der Waals surface area (Å²) in [4.78, 5) is 11.3. The van der Waals surface area contributed by atoms with E-state index in [1.807, 2.05) is 12.1 Å². The second-order valence-electron chi connectivity index (χ2n) is 5.01. The van der Waals surface area contributed by atoms with Crippen LogP contribution in [-0.2, 0) is 19.6 Å². The molecule has 0 atom stereocenters. The summed E-state index contributed by atoms with van der Waals surface area (Å²) >= 11 is 0. The van der Waals surface area contributed by atoms with E-state index in [-0.39, 0.29) is 5.78 Å². The third-order valence-corrected chi connectivity index (χ3v) is 3.54. The Hall–Kier alpha value is -2.17. The number of carbonyl (C=O) groups excluding carboxylic acids is 1. The number of aryl methyl sites for hydroxylation is 1. The van der Waals surface area contributed by atoms with Crippen LogP contribution in [0.15, 0.2) is 24.3 Å². The Kier molecular flexibility index (Phi) is 3.50. The molecule has 104 valence electrons. The molecule has 0 saturated heterocycles. The highest BCUT2D eigenvalue weighted by atomic mass is 16.5. The van der Waals surface area contributed by atoms with Crippen molar-refractivity contribution < 1.29 is 9.53 Å². The van der Waals surface area contributed by atoms with E-state index in [2.05, 4.69) is 14.8 Å². The lowest BCUT2D eigenvalue weighted by atomic mass is 10.1. The number of Topliss-reactive ketones (excluding diaryl/α,β-unsaturated/α-hetero) is 1. The highest BCUT2D eigenvalue weighted by Gasteiger charge is 2.15. The molecule has 5 heteroatoms. The van der Waals surface area contributed by atoms with Crippen molar-refractivity contribution in [2.24, 2.45) is 0 Å². The van der Waals surface area contributed by atoms with Crippen LogP contribution in [0.2, 0.25) is 0 Å². The van der Waals surface area contributed by atoms with Gasteiger partial charge in [-0.3, -0.25) is 4.79 Å². The van der Waals surface area contributed by atoms with Gasteiger partial charge in [0, 0.05) is 18.5 Å². The zero-order valence-electron chi connectivity index (χ0n) is 11.5. The van der Waals surface area contributed by atoms with E-state index >= 15 is 0 Å². The molecule has 2 heterocycles. The fraction of sp³-hybridized carbons (Fsp3) is 0.400. The quantitative estimate of drug-likeness (QED) is 0.801. The van der Waals surface area contributed by atoms with Gasteiger partial charge in [-0.2, -0.15) is 0 Å². The molecule has 2 aromatic rings. The third kappa shape index (κ3) is 2.57. The number of ketones is 1. The minimum Gasteiger partial charge on any atom is -0.486 e. The highest BCUT2D eigenvalue weighted by Crippen LogP contribution is 2.18. The molecule has 1 aromatic carbocycles. The average molecular weight is 271 g/mol. The van der Waals surface area contributed by atoms with Crippen LogP contribution in [0, 0.1) is 0 Å². The first-order chi connectivity index (χ1) is 9.74. The van der Waals surface area contributed by atoms with Crippen LogP contribution in [0.1, 0.15) is 41.8 Å². The molecular weight excluding hydrogens is 254 g/mol. The Labute approximate surface area is 117 Å². The molecule has 1 aromatic heterocycles. The first-order valence-corrected chi connectivity index (χ1v) is 6.89. The van der Waals surface area contributed by atoms with E-state index < -0.39 is 0 Å². The predicted octanol–water partition coefficient (Wildman–Crippen LogP) is 2.40. The predicted molar refractivity (Wildman–Crippen MR) is 73.7 cm³/mol. The van der Waals surface area contributed by atoms with Crippen molar-refractivity contribution in [3.8, 4) is 5.75 Å². The largest absolute Gasteiger partial charge is 0.486 e. The number of benzene rings is 1. The second-order valence-corrected chi connectivity index (χ2v) is 5.01. The van der Waals surface area contributed by atoms with Crippen LogP contribution in [0.4, 0.5) is 0 Å². The van der Waals surface area contributed by atoms with Crippen LogP contribution in [-0.4, -0.2) is 20.5 Å². The second kappa shape index (κ2) is 5.45. The molecule has 0 aliphatic carbocycles. The first-order valence-electron chi connectivity index (χ1n) is 6.89. The number of rotatable bonds is 4. The van der Waals surface area contributed by atoms with E-state index in [9.17, 15) is 4.79 Å². The summed E-state index contributed by atoms with van der Waals surface area (Å²) in [6.07, 6.45) is 3.34. The fourth-order valence-electron chi connectivity index (χ4n) is 2.43. The van der Waals surface area contributed by atoms with E-state index in [1.165, 1.54) is 6.42 Å². The summed E-state index contributed by atoms with van der Waals surface area (Å²) in [6.45, 7) is 2.90. The third-order valence-electron chi connectivity index (χ3n) is 3.54. The SMILES string of the molecule is CC(=O)c1cccc(OCc2nnc3n2CCCC3)c1. The molecular formula is C15H17N3O2. The minimum absolute atomic E-state index is 0.0373. The molecule has 0 saturated carbocycles. The van der Waals surface area contributed by atoms with Crippen molar-refractivity contribution in [3.05, 3.63) is 41.5 Å². The highest BCUT2D eigenvalue weighted by molar-refractivity contribution is 5.94. The summed E-state index contributed by atoms with van der Waals surface area (Å²) in [5.74, 6) is 2.63. The van der Waals surface area contributed by atoms with Gasteiger partial charge in [0.1, 0.15) is 18.2 Å². The summed E-state index contributed by atoms with van der Waals surface area (Å²) < 4.78 is 7.87. The lowest BCUT2D eigenvalue weighted by Crippen LogP contribution is -2.14. The number of hydrogen-bond acceptors (Lipinski definition) is 4. The van der Waals surface area contributed by atoms with Gasteiger partial charge in [-0.1, -0.05) is 12.1 Å². The van der Waals surface area contributed by atoms with E-state index in [0.717, 1.165) is 31.0 Å². The van der Waals surface area contributed by atoms with Crippen molar-refractivity contribution >= 4 is 5.78 Å². The maximum absolute atomic E-state index is 11.3. The summed E-state index contributed by atoms with van der Waals surface area (Å²) in [7, 11) is 0. The summed E-state index contributed by atoms with van der Waals surface area (Å²) in [5, 5.41) is 8.39. The molecule has 20 heavy (non-hydrogen) atoms. The molecule has 5 nitrogen and oxygen atoms in total. The normalized spacial score (nSPS) is 13.8. The van der Waals surface area contributed by atoms with Crippen molar-refractivity contribution in [1.29, 1.82) is 0 Å². The lowest BCUT2D eigenvalue weighted by molar-refractivity contribution is 0.101. The molecule has 0 amide bonds. The maximum atomic E-state index is 11.3. The zero-order chi connectivity index (χ0) is 13.9. The van der Waals surface area contributed by atoms with Crippen molar-refractivity contribution in [2.75, 3.05) is 0 Å². The van der Waals surface area contributed by atoms with Crippen LogP contribution in [0.5, 0.6) is 5.75 Å². The number of fused-ring (bicyclic) bond motifs is 1. The monoisotopic (exact) mass is 271 g/mol. The number of aromatic nitrogens is 3. The van der Waals surface area contributed by atoms with Gasteiger partial charge >= 0.3 is 0 Å². The number of carbonyl (C=O) groups is 1. The molecule has 3 rings (SSSR count). The van der Waals surface area contributed by atoms with Gasteiger partial charge in [-0.25, -0.2) is 0 Å². The van der Waals surface area contributed by atoms with Gasteiger partial charge in [0.05, 0.1) is 0 Å². The van der Waals surface area contributed by atoms with Gasteiger partial charge in [-0.05, 0) is 31.9 Å². The average Bonchev–Trinajstić information content (AvgIpc) is 2.89. The molecule has 0 radical (unpaired) electrons. The smallest absolute Gasteiger partial charge is 0.171 e. The number of hydrogen-bond donors (Lipinski definition) is 0. The topological polar surface area (TPSA) is 57.0 Å².